The minimum Gasteiger partial charge on any atom is -0.357 e. The van der Waals surface area contributed by atoms with Crippen LogP contribution in [0.25, 0.3) is 10.9 Å². The normalized spacial score (nSPS) is 20.9. The van der Waals surface area contributed by atoms with Crippen LogP contribution in [0.1, 0.15) is 30.0 Å². The maximum atomic E-state index is 3.76. The van der Waals surface area contributed by atoms with E-state index in [-0.39, 0.29) is 0 Å². The van der Waals surface area contributed by atoms with Gasteiger partial charge in [0.25, 0.3) is 0 Å². The first-order valence-electron chi connectivity index (χ1n) is 6.25. The Balaban J connectivity index is 2.10. The number of nitrogens with one attached hydrogen (secondary N) is 2. The first-order chi connectivity index (χ1) is 8.27. The largest absolute Gasteiger partial charge is 0.357 e. The summed E-state index contributed by atoms with van der Waals surface area (Å²) in [5.74, 6) is 0.616. The van der Waals surface area contributed by atoms with E-state index in [1.165, 1.54) is 39.5 Å². The molecule has 90 valence electrons. The Morgan fingerprint density at radius 2 is 2.24 bits per heavy atom. The molecule has 2 nitrogen and oxygen atoms in total. The molecule has 0 radical (unpaired) electrons. The van der Waals surface area contributed by atoms with Gasteiger partial charge in [-0.25, -0.2) is 0 Å². The van der Waals surface area contributed by atoms with Crippen LogP contribution in [0.3, 0.4) is 0 Å². The topological polar surface area (TPSA) is 27.8 Å². The summed E-state index contributed by atoms with van der Waals surface area (Å²) < 4.78 is 1.25. The van der Waals surface area contributed by atoms with Crippen molar-refractivity contribution in [2.45, 2.75) is 25.7 Å². The van der Waals surface area contributed by atoms with Gasteiger partial charge in [0.2, 0.25) is 0 Å². The van der Waals surface area contributed by atoms with Gasteiger partial charge in [0.05, 0.1) is 0 Å². The van der Waals surface area contributed by atoms with Gasteiger partial charge < -0.3 is 10.3 Å². The van der Waals surface area contributed by atoms with E-state index in [4.69, 9.17) is 0 Å². The number of benzene rings is 1. The number of H-pyrrole nitrogens is 1. The highest BCUT2D eigenvalue weighted by Gasteiger charge is 2.21. The summed E-state index contributed by atoms with van der Waals surface area (Å²) in [6.45, 7) is 4.41. The van der Waals surface area contributed by atoms with Crippen LogP contribution in [0.5, 0.6) is 0 Å². The van der Waals surface area contributed by atoms with Gasteiger partial charge in [-0.2, -0.15) is 0 Å². The summed E-state index contributed by atoms with van der Waals surface area (Å²) in [7, 11) is 0. The minimum atomic E-state index is 0.616. The van der Waals surface area contributed by atoms with Crippen LogP contribution in [0.4, 0.5) is 0 Å². The van der Waals surface area contributed by atoms with Crippen molar-refractivity contribution >= 4 is 26.8 Å². The molecule has 1 atom stereocenters. The summed E-state index contributed by atoms with van der Waals surface area (Å²) in [6.07, 6.45) is 2.54. The number of aryl methyl sites for hydroxylation is 1. The van der Waals surface area contributed by atoms with Gasteiger partial charge in [-0.1, -0.05) is 18.2 Å². The maximum Gasteiger partial charge on any atom is 0.0497 e. The average Bonchev–Trinajstić information content (AvgIpc) is 2.70. The Labute approximate surface area is 110 Å². The zero-order valence-corrected chi connectivity index (χ0v) is 11.6. The Morgan fingerprint density at radius 3 is 2.94 bits per heavy atom. The molecule has 0 spiro atoms. The highest BCUT2D eigenvalue weighted by atomic mass is 79.9. The number of fused-ring (bicyclic) bond motifs is 1. The molecule has 0 bridgehead atoms. The van der Waals surface area contributed by atoms with Crippen molar-refractivity contribution in [2.75, 3.05) is 13.1 Å². The fraction of sp³-hybridized carbons (Fsp3) is 0.429. The molecule has 1 aromatic heterocycles. The summed E-state index contributed by atoms with van der Waals surface area (Å²) in [5, 5.41) is 4.79. The highest BCUT2D eigenvalue weighted by Crippen LogP contribution is 2.35. The van der Waals surface area contributed by atoms with Gasteiger partial charge in [0.1, 0.15) is 0 Å². The van der Waals surface area contributed by atoms with E-state index in [2.05, 4.69) is 51.4 Å². The second-order valence-corrected chi connectivity index (χ2v) is 5.69. The number of halogens is 1. The van der Waals surface area contributed by atoms with Crippen LogP contribution in [0, 0.1) is 6.92 Å². The molecule has 2 heterocycles. The number of aromatic amines is 1. The Kier molecular flexibility index (Phi) is 2.97. The number of rotatable bonds is 1. The van der Waals surface area contributed by atoms with Crippen molar-refractivity contribution in [1.29, 1.82) is 0 Å². The molecule has 3 rings (SSSR count). The molecule has 1 aliphatic rings. The number of hydrogen-bond acceptors (Lipinski definition) is 1. The Hall–Kier alpha value is -0.800. The lowest BCUT2D eigenvalue weighted by molar-refractivity contribution is 0.455. The van der Waals surface area contributed by atoms with E-state index >= 15 is 0 Å². The number of hydrogen-bond donors (Lipinski definition) is 2. The molecule has 1 unspecified atom stereocenters. The Bertz CT molecular complexity index is 538. The third-order valence-electron chi connectivity index (χ3n) is 3.71. The van der Waals surface area contributed by atoms with Crippen LogP contribution < -0.4 is 5.32 Å². The highest BCUT2D eigenvalue weighted by molar-refractivity contribution is 9.10. The van der Waals surface area contributed by atoms with Crippen molar-refractivity contribution in [1.82, 2.24) is 10.3 Å². The van der Waals surface area contributed by atoms with Crippen molar-refractivity contribution in [3.05, 3.63) is 33.9 Å². The van der Waals surface area contributed by atoms with E-state index in [0.717, 1.165) is 13.1 Å². The van der Waals surface area contributed by atoms with Crippen molar-refractivity contribution in [3.8, 4) is 0 Å². The Morgan fingerprint density at radius 1 is 1.35 bits per heavy atom. The lowest BCUT2D eigenvalue weighted by atomic mass is 9.96. The number of piperidine rings is 1. The van der Waals surface area contributed by atoms with Crippen LogP contribution in [-0.4, -0.2) is 18.1 Å². The van der Waals surface area contributed by atoms with Crippen LogP contribution in [0.2, 0.25) is 0 Å². The second kappa shape index (κ2) is 4.46. The molecule has 1 aromatic carbocycles. The van der Waals surface area contributed by atoms with Gasteiger partial charge in [-0.15, -0.1) is 0 Å². The maximum absolute atomic E-state index is 3.76. The molecule has 3 heteroatoms. The fourth-order valence-electron chi connectivity index (χ4n) is 2.73. The summed E-state index contributed by atoms with van der Waals surface area (Å²) in [4.78, 5) is 3.61. The zero-order valence-electron chi connectivity index (χ0n) is 10.0. The van der Waals surface area contributed by atoms with Crippen LogP contribution >= 0.6 is 15.9 Å². The molecule has 1 fully saturated rings. The molecule has 0 saturated carbocycles. The van der Waals surface area contributed by atoms with Gasteiger partial charge >= 0.3 is 0 Å². The summed E-state index contributed by atoms with van der Waals surface area (Å²) >= 11 is 3.76. The molecule has 17 heavy (non-hydrogen) atoms. The third kappa shape index (κ3) is 1.91. The van der Waals surface area contributed by atoms with E-state index in [0.29, 0.717) is 5.92 Å². The molecule has 2 N–H and O–H groups in total. The van der Waals surface area contributed by atoms with Gasteiger partial charge in [-0.3, -0.25) is 0 Å². The first-order valence-corrected chi connectivity index (χ1v) is 7.04. The number of aromatic nitrogens is 1. The van der Waals surface area contributed by atoms with Crippen molar-refractivity contribution < 1.29 is 0 Å². The molecular weight excluding hydrogens is 276 g/mol. The summed E-state index contributed by atoms with van der Waals surface area (Å²) in [5.41, 5.74) is 3.96. The van der Waals surface area contributed by atoms with Crippen LogP contribution in [-0.2, 0) is 0 Å². The van der Waals surface area contributed by atoms with Crippen LogP contribution in [0.15, 0.2) is 22.7 Å². The SMILES string of the molecule is Cc1cccc2c(Br)c(C3CCCNC3)[nH]c12. The van der Waals surface area contributed by atoms with Gasteiger partial charge in [0, 0.05) is 33.5 Å². The van der Waals surface area contributed by atoms with E-state index < -0.39 is 0 Å². The predicted octanol–water partition coefficient (Wildman–Crippen LogP) is 3.71. The molecule has 0 amide bonds. The quantitative estimate of drug-likeness (QED) is 0.824. The van der Waals surface area contributed by atoms with E-state index in [1.54, 1.807) is 0 Å². The molecule has 0 aliphatic carbocycles. The third-order valence-corrected chi connectivity index (χ3v) is 4.56. The monoisotopic (exact) mass is 292 g/mol. The molecule has 2 aromatic rings. The smallest absolute Gasteiger partial charge is 0.0497 e. The van der Waals surface area contributed by atoms with E-state index in [1.807, 2.05) is 0 Å². The van der Waals surface area contributed by atoms with Gasteiger partial charge in [0.15, 0.2) is 0 Å². The summed E-state index contributed by atoms with van der Waals surface area (Å²) in [6, 6.07) is 6.47. The van der Waals surface area contributed by atoms with Gasteiger partial charge in [-0.05, 0) is 47.8 Å². The van der Waals surface area contributed by atoms with E-state index in [9.17, 15) is 0 Å². The second-order valence-electron chi connectivity index (χ2n) is 4.89. The molecular formula is C14H17BrN2. The fourth-order valence-corrected chi connectivity index (χ4v) is 3.48. The molecule has 1 aliphatic heterocycles. The molecule has 1 saturated heterocycles. The number of para-hydroxylation sites is 1. The predicted molar refractivity (Wildman–Crippen MR) is 75.6 cm³/mol. The van der Waals surface area contributed by atoms with Crippen molar-refractivity contribution in [3.63, 3.8) is 0 Å². The zero-order chi connectivity index (χ0) is 11.8. The first kappa shape index (κ1) is 11.3. The van der Waals surface area contributed by atoms with Crippen molar-refractivity contribution in [2.24, 2.45) is 0 Å². The lowest BCUT2D eigenvalue weighted by Crippen LogP contribution is -2.28. The average molecular weight is 293 g/mol. The lowest BCUT2D eigenvalue weighted by Gasteiger charge is -2.22. The minimum absolute atomic E-state index is 0.616. The standard InChI is InChI=1S/C14H17BrN2/c1-9-4-2-6-11-12(15)14(17-13(9)11)10-5-3-7-16-8-10/h2,4,6,10,16-17H,3,5,7-8H2,1H3.